The van der Waals surface area contributed by atoms with E-state index < -0.39 is 19.6 Å². The summed E-state index contributed by atoms with van der Waals surface area (Å²) in [5.74, 6) is 0. The Bertz CT molecular complexity index is 242. The molecule has 0 aromatic carbocycles. The molecule has 0 N–H and O–H groups in total. The van der Waals surface area contributed by atoms with Gasteiger partial charge in [0.25, 0.3) is 0 Å². The molecule has 0 saturated heterocycles. The molecule has 0 fully saturated rings. The third-order valence-electron chi connectivity index (χ3n) is 2.68. The predicted molar refractivity (Wildman–Crippen MR) is 76.5 cm³/mol. The van der Waals surface area contributed by atoms with Crippen LogP contribution in [0.3, 0.4) is 0 Å². The first-order valence-electron chi connectivity index (χ1n) is 7.06. The molecule has 0 unspecified atom stereocenters. The Labute approximate surface area is 117 Å². The molecule has 0 bridgehead atoms. The van der Waals surface area contributed by atoms with Crippen LogP contribution in [0.5, 0.6) is 0 Å². The van der Waals surface area contributed by atoms with Gasteiger partial charge in [-0.15, -0.1) is 0 Å². The number of allylic oxidation sites excluding steroid dienone is 4. The zero-order valence-corrected chi connectivity index (χ0v) is 14.7. The van der Waals surface area contributed by atoms with E-state index in [1.54, 1.807) is 0 Å². The van der Waals surface area contributed by atoms with Crippen LogP contribution in [-0.2, 0) is 9.22 Å². The fourth-order valence-corrected chi connectivity index (χ4v) is 10.3. The molecule has 0 aliphatic heterocycles. The van der Waals surface area contributed by atoms with Crippen molar-refractivity contribution in [2.45, 2.75) is 44.0 Å². The van der Waals surface area contributed by atoms with Crippen LogP contribution in [-0.4, -0.2) is 39.4 Å². The molecule has 0 saturated carbocycles. The first-order chi connectivity index (χ1) is 8.79. The normalized spacial score (nSPS) is 15.7. The van der Waals surface area contributed by atoms with Gasteiger partial charge < -0.3 is 0 Å². The summed E-state index contributed by atoms with van der Waals surface area (Å²) >= 11 is -3.45. The molecule has 0 spiro atoms. The summed E-state index contributed by atoms with van der Waals surface area (Å²) in [6, 6.07) is 0. The molecule has 104 valence electrons. The fourth-order valence-electron chi connectivity index (χ4n) is 1.81. The van der Waals surface area contributed by atoms with Gasteiger partial charge in [0.15, 0.2) is 0 Å². The molecule has 1 rings (SSSR count). The van der Waals surface area contributed by atoms with Gasteiger partial charge in [0.05, 0.1) is 0 Å². The van der Waals surface area contributed by atoms with E-state index in [4.69, 9.17) is 9.22 Å². The Morgan fingerprint density at radius 1 is 0.778 bits per heavy atom. The summed E-state index contributed by atoms with van der Waals surface area (Å²) in [4.78, 5) is 0. The van der Waals surface area contributed by atoms with Crippen LogP contribution in [0.4, 0.5) is 0 Å². The summed E-state index contributed by atoms with van der Waals surface area (Å²) in [6.07, 6.45) is 11.5. The minimum absolute atomic E-state index is 0.254. The quantitative estimate of drug-likeness (QED) is 0.556. The van der Waals surface area contributed by atoms with Gasteiger partial charge in [-0.2, -0.15) is 0 Å². The van der Waals surface area contributed by atoms with E-state index in [-0.39, 0.29) is 3.93 Å². The summed E-state index contributed by atoms with van der Waals surface area (Å²) in [6.45, 7) is 8.58. The number of rotatable bonds is 10. The Balaban J connectivity index is 2.76. The van der Waals surface area contributed by atoms with Crippen molar-refractivity contribution in [1.82, 2.24) is 0 Å². The van der Waals surface area contributed by atoms with Crippen LogP contribution in [0.25, 0.3) is 0 Å². The van der Waals surface area contributed by atoms with Gasteiger partial charge in [-0.25, -0.2) is 0 Å². The molecule has 1 aliphatic carbocycles. The Hall–Kier alpha value is 0.159. The van der Waals surface area contributed by atoms with Crippen molar-refractivity contribution in [1.29, 1.82) is 0 Å². The molecule has 18 heavy (non-hydrogen) atoms. The first kappa shape index (κ1) is 16.2. The average Bonchev–Trinajstić information content (AvgIpc) is 2.93. The van der Waals surface area contributed by atoms with Gasteiger partial charge in [-0.3, -0.25) is 0 Å². The van der Waals surface area contributed by atoms with E-state index in [1.807, 2.05) is 0 Å². The summed E-state index contributed by atoms with van der Waals surface area (Å²) in [5, 5.41) is 0. The van der Waals surface area contributed by atoms with Crippen LogP contribution >= 0.6 is 0 Å². The molecule has 4 heteroatoms. The van der Waals surface area contributed by atoms with Crippen molar-refractivity contribution in [3.05, 3.63) is 24.3 Å². The van der Waals surface area contributed by atoms with Crippen LogP contribution in [0.1, 0.15) is 40.0 Å². The zero-order chi connectivity index (χ0) is 13.3. The second-order valence-corrected chi connectivity index (χ2v) is 12.3. The number of hydrogen-bond acceptors (Lipinski definition) is 3. The van der Waals surface area contributed by atoms with E-state index in [9.17, 15) is 0 Å². The molecule has 3 nitrogen and oxygen atoms in total. The predicted octanol–water partition coefficient (Wildman–Crippen LogP) is 3.70. The van der Waals surface area contributed by atoms with Crippen LogP contribution < -0.4 is 0 Å². The van der Waals surface area contributed by atoms with Crippen molar-refractivity contribution >= 4 is 19.6 Å². The maximum absolute atomic E-state index is 6.13. The molecular weight excluding hydrogens is 335 g/mol. The van der Waals surface area contributed by atoms with Gasteiger partial charge >= 0.3 is 117 Å². The topological polar surface area (TPSA) is 27.7 Å². The third kappa shape index (κ3) is 4.68. The van der Waals surface area contributed by atoms with Gasteiger partial charge in [0.2, 0.25) is 0 Å². The third-order valence-corrected chi connectivity index (χ3v) is 11.3. The molecule has 0 amide bonds. The molecule has 0 radical (unpaired) electrons. The van der Waals surface area contributed by atoms with Gasteiger partial charge in [-0.05, 0) is 0 Å². The summed E-state index contributed by atoms with van der Waals surface area (Å²) in [7, 11) is 0. The van der Waals surface area contributed by atoms with Crippen molar-refractivity contribution in [3.8, 4) is 0 Å². The van der Waals surface area contributed by atoms with Gasteiger partial charge in [0, 0.05) is 0 Å². The molecule has 0 atom stereocenters. The van der Waals surface area contributed by atoms with E-state index in [0.29, 0.717) is 0 Å². The van der Waals surface area contributed by atoms with Crippen molar-refractivity contribution in [2.24, 2.45) is 0 Å². The Morgan fingerprint density at radius 2 is 1.17 bits per heavy atom. The zero-order valence-electron chi connectivity index (χ0n) is 11.9. The first-order valence-corrected chi connectivity index (χ1v) is 12.2. The maximum atomic E-state index is 6.13. The van der Waals surface area contributed by atoms with Crippen molar-refractivity contribution < 1.29 is 9.22 Å². The van der Waals surface area contributed by atoms with Crippen LogP contribution in [0.2, 0.25) is 3.93 Å². The molecule has 0 aromatic rings. The summed E-state index contributed by atoms with van der Waals surface area (Å²) in [5.41, 5.74) is 0. The molecule has 1 aliphatic rings. The second-order valence-electron chi connectivity index (χ2n) is 4.44. The molecule has 0 heterocycles. The summed E-state index contributed by atoms with van der Waals surface area (Å²) < 4.78 is 18.6. The standard InChI is InChI=1S/C5H5.3C3H7O.Sn/c1-2-4-5-3-1;3*1-2-3-4;/h1-5H;3*2-3H2,1H3;/q;3*-1;+3. The van der Waals surface area contributed by atoms with E-state index >= 15 is 0 Å². The van der Waals surface area contributed by atoms with Crippen LogP contribution in [0.15, 0.2) is 24.3 Å². The van der Waals surface area contributed by atoms with E-state index in [2.05, 4.69) is 45.1 Å². The SMILES string of the molecule is CCC[O][Sn]([O]CCC)([O]CCC)[CH]1C=CC=C1. The minimum atomic E-state index is -3.45. The van der Waals surface area contributed by atoms with E-state index in [1.165, 1.54) is 0 Å². The van der Waals surface area contributed by atoms with Crippen molar-refractivity contribution in [2.75, 3.05) is 19.8 Å². The van der Waals surface area contributed by atoms with E-state index in [0.717, 1.165) is 39.1 Å². The molecule has 0 aromatic heterocycles. The Kier molecular flexibility index (Phi) is 8.22. The number of hydrogen-bond donors (Lipinski definition) is 0. The Morgan fingerprint density at radius 3 is 1.50 bits per heavy atom. The second kappa shape index (κ2) is 9.12. The molecular formula is C14H26O3Sn. The average molecular weight is 361 g/mol. The van der Waals surface area contributed by atoms with Gasteiger partial charge in [-0.1, -0.05) is 0 Å². The monoisotopic (exact) mass is 362 g/mol. The van der Waals surface area contributed by atoms with Crippen molar-refractivity contribution in [3.63, 3.8) is 0 Å². The van der Waals surface area contributed by atoms with Crippen LogP contribution in [0, 0.1) is 0 Å². The fraction of sp³-hybridized carbons (Fsp3) is 0.714. The van der Waals surface area contributed by atoms with Gasteiger partial charge in [0.1, 0.15) is 0 Å².